The Kier molecular flexibility index (Phi) is 10.3. The number of likely N-dealkylation sites (tertiary alicyclic amines) is 1. The first-order valence-electron chi connectivity index (χ1n) is 14.4. The van der Waals surface area contributed by atoms with Crippen LogP contribution in [0.1, 0.15) is 68.5 Å². The van der Waals surface area contributed by atoms with Crippen molar-refractivity contribution in [2.75, 3.05) is 34.2 Å². The lowest BCUT2D eigenvalue weighted by Crippen LogP contribution is -2.57. The Bertz CT molecular complexity index is 1380. The van der Waals surface area contributed by atoms with Gasteiger partial charge in [0, 0.05) is 35.6 Å². The Labute approximate surface area is 259 Å². The van der Waals surface area contributed by atoms with Crippen LogP contribution in [0.3, 0.4) is 0 Å². The quantitative estimate of drug-likeness (QED) is 0.304. The number of hydrogen-bond acceptors (Lipinski definition) is 5. The molecule has 1 amide bonds. The van der Waals surface area contributed by atoms with Gasteiger partial charge in [-0.1, -0.05) is 47.5 Å². The van der Waals surface area contributed by atoms with Gasteiger partial charge in [0.2, 0.25) is 15.9 Å². The van der Waals surface area contributed by atoms with Gasteiger partial charge in [0.05, 0.1) is 23.1 Å². The lowest BCUT2D eigenvalue weighted by Gasteiger charge is -2.52. The summed E-state index contributed by atoms with van der Waals surface area (Å²) in [7, 11) is 2.03. The molecule has 230 valence electrons. The predicted molar refractivity (Wildman–Crippen MR) is 166 cm³/mol. The number of amides is 1. The van der Waals surface area contributed by atoms with Crippen LogP contribution in [0.2, 0.25) is 10.0 Å². The highest BCUT2D eigenvalue weighted by Gasteiger charge is 2.54. The minimum atomic E-state index is -3.37. The van der Waals surface area contributed by atoms with E-state index in [-0.39, 0.29) is 36.1 Å². The molecule has 2 aromatic rings. The maximum Gasteiger partial charge on any atom is 0.304 e. The van der Waals surface area contributed by atoms with Gasteiger partial charge in [-0.05, 0) is 95.1 Å². The van der Waals surface area contributed by atoms with Crippen molar-refractivity contribution in [1.82, 2.24) is 14.1 Å². The normalized spacial score (nSPS) is 23.9. The van der Waals surface area contributed by atoms with Crippen molar-refractivity contribution in [2.45, 2.75) is 68.7 Å². The van der Waals surface area contributed by atoms with Crippen molar-refractivity contribution < 1.29 is 23.1 Å². The zero-order valence-electron chi connectivity index (χ0n) is 24.7. The van der Waals surface area contributed by atoms with Crippen molar-refractivity contribution in [3.05, 3.63) is 69.7 Å². The van der Waals surface area contributed by atoms with Gasteiger partial charge < -0.3 is 14.9 Å². The van der Waals surface area contributed by atoms with Gasteiger partial charge >= 0.3 is 5.97 Å². The van der Waals surface area contributed by atoms with E-state index in [1.165, 1.54) is 4.31 Å². The van der Waals surface area contributed by atoms with E-state index in [1.807, 2.05) is 61.2 Å². The molecule has 2 aromatic carbocycles. The Balaban J connectivity index is 1.82. The number of carbonyl (C=O) groups excluding carboxylic acids is 1. The first-order valence-corrected chi connectivity index (χ1v) is 16.7. The number of piperidine rings is 1. The van der Waals surface area contributed by atoms with E-state index < -0.39 is 27.4 Å². The fraction of sp³-hybridized carbons (Fsp3) is 0.548. The summed E-state index contributed by atoms with van der Waals surface area (Å²) in [6, 6.07) is 14.1. The molecule has 4 atom stereocenters. The monoisotopic (exact) mass is 637 g/mol. The van der Waals surface area contributed by atoms with Crippen LogP contribution in [-0.4, -0.2) is 85.0 Å². The third-order valence-electron chi connectivity index (χ3n) is 8.71. The Hall–Kier alpha value is -2.17. The SMILES string of the molecule is C[C@@H](CCN(C)S(=O)(=O)C1CC1)N1C(=O)[C@@](CCN(C)C)(CC(=O)O)C[C@H](c2cccc(Cl)c2)[C@H]1c1ccc(Cl)cc1. The van der Waals surface area contributed by atoms with Crippen molar-refractivity contribution >= 4 is 45.1 Å². The topological polar surface area (TPSA) is 98.2 Å². The van der Waals surface area contributed by atoms with Crippen LogP contribution in [0.25, 0.3) is 0 Å². The third kappa shape index (κ3) is 7.30. The van der Waals surface area contributed by atoms with Crippen LogP contribution in [0.15, 0.2) is 48.5 Å². The van der Waals surface area contributed by atoms with Gasteiger partial charge in [0.25, 0.3) is 0 Å². The number of hydrogen-bond donors (Lipinski definition) is 1. The lowest BCUT2D eigenvalue weighted by molar-refractivity contribution is -0.162. The molecule has 1 N–H and O–H groups in total. The van der Waals surface area contributed by atoms with Crippen LogP contribution in [-0.2, 0) is 19.6 Å². The summed E-state index contributed by atoms with van der Waals surface area (Å²) >= 11 is 12.7. The van der Waals surface area contributed by atoms with Gasteiger partial charge in [-0.15, -0.1) is 0 Å². The second-order valence-electron chi connectivity index (χ2n) is 12.2. The van der Waals surface area contributed by atoms with E-state index in [0.717, 1.165) is 11.1 Å². The highest BCUT2D eigenvalue weighted by Crippen LogP contribution is 2.53. The van der Waals surface area contributed by atoms with Crippen LogP contribution < -0.4 is 0 Å². The van der Waals surface area contributed by atoms with Crippen molar-refractivity contribution in [3.8, 4) is 0 Å². The van der Waals surface area contributed by atoms with E-state index in [1.54, 1.807) is 25.2 Å². The van der Waals surface area contributed by atoms with Gasteiger partial charge in [-0.3, -0.25) is 9.59 Å². The molecule has 0 radical (unpaired) electrons. The molecule has 0 spiro atoms. The lowest BCUT2D eigenvalue weighted by atomic mass is 9.64. The van der Waals surface area contributed by atoms with Gasteiger partial charge in [0.1, 0.15) is 0 Å². The smallest absolute Gasteiger partial charge is 0.304 e. The summed E-state index contributed by atoms with van der Waals surface area (Å²) in [6.45, 7) is 2.72. The molecule has 8 nitrogen and oxygen atoms in total. The van der Waals surface area contributed by atoms with Crippen molar-refractivity contribution in [1.29, 1.82) is 0 Å². The van der Waals surface area contributed by atoms with E-state index in [4.69, 9.17) is 23.2 Å². The summed E-state index contributed by atoms with van der Waals surface area (Å²) < 4.78 is 27.1. The number of benzene rings is 2. The summed E-state index contributed by atoms with van der Waals surface area (Å²) in [5.41, 5.74) is 0.631. The largest absolute Gasteiger partial charge is 0.481 e. The molecular formula is C31H41Cl2N3O5S. The molecular weight excluding hydrogens is 597 g/mol. The number of carboxylic acid groups (broad SMARTS) is 1. The van der Waals surface area contributed by atoms with E-state index in [9.17, 15) is 23.1 Å². The average molecular weight is 639 g/mol. The summed E-state index contributed by atoms with van der Waals surface area (Å²) in [4.78, 5) is 30.9. The first kappa shape index (κ1) is 32.7. The highest BCUT2D eigenvalue weighted by molar-refractivity contribution is 7.90. The molecule has 2 aliphatic rings. The van der Waals surface area contributed by atoms with E-state index in [2.05, 4.69) is 0 Å². The summed E-state index contributed by atoms with van der Waals surface area (Å²) in [5.74, 6) is -1.51. The second-order valence-corrected chi connectivity index (χ2v) is 15.4. The Morgan fingerprint density at radius 3 is 2.29 bits per heavy atom. The number of carbonyl (C=O) groups is 2. The molecule has 1 aliphatic carbocycles. The maximum absolute atomic E-state index is 14.8. The van der Waals surface area contributed by atoms with Gasteiger partial charge in [-0.25, -0.2) is 12.7 Å². The second kappa shape index (κ2) is 13.2. The fourth-order valence-electron chi connectivity index (χ4n) is 6.21. The zero-order valence-corrected chi connectivity index (χ0v) is 27.0. The van der Waals surface area contributed by atoms with Gasteiger partial charge in [0.15, 0.2) is 0 Å². The van der Waals surface area contributed by atoms with Gasteiger partial charge in [-0.2, -0.15) is 0 Å². The van der Waals surface area contributed by atoms with Crippen molar-refractivity contribution in [3.63, 3.8) is 0 Å². The number of carboxylic acids is 1. The Morgan fingerprint density at radius 2 is 1.71 bits per heavy atom. The standard InChI is InChI=1S/C31H41Cl2N3O5S/c1-21(14-16-35(4)42(40,41)26-12-13-26)36-29(22-8-10-24(32)11-9-22)27(23-6-5-7-25(33)18-23)19-31(30(36)39,20-28(37)38)15-17-34(2)3/h5-11,18,21,26-27,29H,12-17,19-20H2,1-4H3,(H,37,38)/t21-,27+,29+,31+/m0/s1. The Morgan fingerprint density at radius 1 is 1.05 bits per heavy atom. The minimum Gasteiger partial charge on any atom is -0.481 e. The van der Waals surface area contributed by atoms with Crippen LogP contribution in [0.5, 0.6) is 0 Å². The maximum atomic E-state index is 14.8. The molecule has 1 saturated heterocycles. The van der Waals surface area contributed by atoms with E-state index >= 15 is 0 Å². The van der Waals surface area contributed by atoms with Crippen molar-refractivity contribution in [2.24, 2.45) is 5.41 Å². The predicted octanol–water partition coefficient (Wildman–Crippen LogP) is 5.67. The number of sulfonamides is 1. The molecule has 2 fully saturated rings. The van der Waals surface area contributed by atoms with Crippen LogP contribution in [0.4, 0.5) is 0 Å². The van der Waals surface area contributed by atoms with Crippen LogP contribution in [0, 0.1) is 5.41 Å². The molecule has 11 heteroatoms. The highest BCUT2D eigenvalue weighted by atomic mass is 35.5. The molecule has 1 saturated carbocycles. The molecule has 0 bridgehead atoms. The third-order valence-corrected chi connectivity index (χ3v) is 11.6. The molecule has 0 aromatic heterocycles. The summed E-state index contributed by atoms with van der Waals surface area (Å²) in [6.07, 6.45) is 2.15. The molecule has 4 rings (SSSR count). The number of halogens is 2. The average Bonchev–Trinajstić information content (AvgIpc) is 3.78. The zero-order chi connectivity index (χ0) is 30.8. The number of aliphatic carboxylic acids is 1. The van der Waals surface area contributed by atoms with E-state index in [0.29, 0.717) is 48.7 Å². The molecule has 1 aliphatic heterocycles. The fourth-order valence-corrected chi connectivity index (χ4v) is 8.13. The number of nitrogens with zero attached hydrogens (tertiary/aromatic N) is 3. The van der Waals surface area contributed by atoms with Crippen LogP contribution >= 0.6 is 23.2 Å². The number of rotatable bonds is 13. The molecule has 0 unspecified atom stereocenters. The molecule has 1 heterocycles. The summed E-state index contributed by atoms with van der Waals surface area (Å²) in [5, 5.41) is 10.9. The minimum absolute atomic E-state index is 0.217. The first-order chi connectivity index (χ1) is 19.7. The molecule has 42 heavy (non-hydrogen) atoms.